The van der Waals surface area contributed by atoms with Gasteiger partial charge in [0.05, 0.1) is 6.61 Å². The quantitative estimate of drug-likeness (QED) is 0.459. The Bertz CT molecular complexity index is 414. The third kappa shape index (κ3) is 4.70. The van der Waals surface area contributed by atoms with Crippen LogP contribution in [0.25, 0.3) is 6.08 Å². The van der Waals surface area contributed by atoms with Gasteiger partial charge in [0.1, 0.15) is 0 Å². The summed E-state index contributed by atoms with van der Waals surface area (Å²) in [6.07, 6.45) is 3.22. The number of anilines is 1. The molecule has 0 aromatic heterocycles. The Morgan fingerprint density at radius 1 is 1.53 bits per heavy atom. The van der Waals surface area contributed by atoms with Crippen molar-refractivity contribution >= 4 is 17.7 Å². The Labute approximate surface area is 101 Å². The van der Waals surface area contributed by atoms with Crippen LogP contribution in [-0.4, -0.2) is 26.2 Å². The summed E-state index contributed by atoms with van der Waals surface area (Å²) in [7, 11) is 1.59. The lowest BCUT2D eigenvalue weighted by atomic mass is 10.1. The minimum absolute atomic E-state index is 0.138. The van der Waals surface area contributed by atoms with Gasteiger partial charge in [-0.15, -0.1) is 0 Å². The number of amides is 1. The van der Waals surface area contributed by atoms with Gasteiger partial charge in [0, 0.05) is 25.4 Å². The monoisotopic (exact) mass is 234 g/mol. The third-order valence-electron chi connectivity index (χ3n) is 2.34. The minimum atomic E-state index is -0.138. The molecule has 0 aliphatic carbocycles. The molecule has 4 nitrogen and oxygen atoms in total. The molecular formula is C13H18N2O2. The van der Waals surface area contributed by atoms with Gasteiger partial charge in [-0.25, -0.2) is 0 Å². The van der Waals surface area contributed by atoms with Gasteiger partial charge in [-0.3, -0.25) is 4.79 Å². The van der Waals surface area contributed by atoms with E-state index in [1.807, 2.05) is 25.1 Å². The molecule has 0 aliphatic heterocycles. The van der Waals surface area contributed by atoms with Crippen LogP contribution in [0.4, 0.5) is 5.69 Å². The first-order chi connectivity index (χ1) is 8.13. The number of hydrogen-bond acceptors (Lipinski definition) is 3. The van der Waals surface area contributed by atoms with Gasteiger partial charge in [0.15, 0.2) is 0 Å². The van der Waals surface area contributed by atoms with Crippen molar-refractivity contribution in [1.82, 2.24) is 5.32 Å². The maximum atomic E-state index is 11.4. The number of nitrogen functional groups attached to an aromatic ring is 1. The lowest BCUT2D eigenvalue weighted by molar-refractivity contribution is -0.116. The SMILES string of the molecule is COCCNC(=O)/C=C/c1ccc(C)c(N)c1. The average molecular weight is 234 g/mol. The summed E-state index contributed by atoms with van der Waals surface area (Å²) < 4.78 is 4.83. The highest BCUT2D eigenvalue weighted by atomic mass is 16.5. The maximum absolute atomic E-state index is 11.4. The predicted octanol–water partition coefficient (Wildman–Crippen LogP) is 1.35. The van der Waals surface area contributed by atoms with Crippen LogP contribution in [0.15, 0.2) is 24.3 Å². The van der Waals surface area contributed by atoms with E-state index < -0.39 is 0 Å². The highest BCUT2D eigenvalue weighted by Gasteiger charge is 1.96. The van der Waals surface area contributed by atoms with Crippen molar-refractivity contribution in [1.29, 1.82) is 0 Å². The van der Waals surface area contributed by atoms with Crippen molar-refractivity contribution in [2.45, 2.75) is 6.92 Å². The van der Waals surface area contributed by atoms with Gasteiger partial charge >= 0.3 is 0 Å². The third-order valence-corrected chi connectivity index (χ3v) is 2.34. The predicted molar refractivity (Wildman–Crippen MR) is 69.5 cm³/mol. The van der Waals surface area contributed by atoms with E-state index >= 15 is 0 Å². The molecular weight excluding hydrogens is 216 g/mol. The van der Waals surface area contributed by atoms with Crippen LogP contribution in [0.1, 0.15) is 11.1 Å². The van der Waals surface area contributed by atoms with E-state index in [-0.39, 0.29) is 5.91 Å². The number of benzene rings is 1. The summed E-state index contributed by atoms with van der Waals surface area (Å²) in [6.45, 7) is 2.97. The number of methoxy groups -OCH3 is 1. The highest BCUT2D eigenvalue weighted by Crippen LogP contribution is 2.13. The Morgan fingerprint density at radius 2 is 2.29 bits per heavy atom. The molecule has 17 heavy (non-hydrogen) atoms. The van der Waals surface area contributed by atoms with Crippen LogP contribution in [-0.2, 0) is 9.53 Å². The van der Waals surface area contributed by atoms with E-state index in [4.69, 9.17) is 10.5 Å². The van der Waals surface area contributed by atoms with Crippen LogP contribution < -0.4 is 11.1 Å². The highest BCUT2D eigenvalue weighted by molar-refractivity contribution is 5.91. The lowest BCUT2D eigenvalue weighted by Crippen LogP contribution is -2.24. The number of nitrogens with one attached hydrogen (secondary N) is 1. The van der Waals surface area contributed by atoms with Crippen LogP contribution in [0.3, 0.4) is 0 Å². The van der Waals surface area contributed by atoms with Gasteiger partial charge in [0.2, 0.25) is 5.91 Å². The van der Waals surface area contributed by atoms with Crippen molar-refractivity contribution in [2.75, 3.05) is 26.0 Å². The van der Waals surface area contributed by atoms with Crippen LogP contribution in [0, 0.1) is 6.92 Å². The normalized spacial score (nSPS) is 10.7. The summed E-state index contributed by atoms with van der Waals surface area (Å²) in [5.41, 5.74) is 8.45. The summed E-state index contributed by atoms with van der Waals surface area (Å²) in [5, 5.41) is 2.70. The van der Waals surface area contributed by atoms with Crippen molar-refractivity contribution in [2.24, 2.45) is 0 Å². The van der Waals surface area contributed by atoms with E-state index in [1.165, 1.54) is 6.08 Å². The number of carbonyl (C=O) groups is 1. The van der Waals surface area contributed by atoms with Gasteiger partial charge in [-0.1, -0.05) is 12.1 Å². The lowest BCUT2D eigenvalue weighted by Gasteiger charge is -2.01. The summed E-state index contributed by atoms with van der Waals surface area (Å²) in [5.74, 6) is -0.138. The first-order valence-corrected chi connectivity index (χ1v) is 5.44. The minimum Gasteiger partial charge on any atom is -0.398 e. The second kappa shape index (κ2) is 6.70. The molecule has 0 saturated heterocycles. The first-order valence-electron chi connectivity index (χ1n) is 5.44. The Morgan fingerprint density at radius 3 is 2.94 bits per heavy atom. The smallest absolute Gasteiger partial charge is 0.244 e. The summed E-state index contributed by atoms with van der Waals surface area (Å²) >= 11 is 0. The molecule has 4 heteroatoms. The molecule has 1 amide bonds. The molecule has 0 heterocycles. The molecule has 0 bridgehead atoms. The molecule has 0 unspecified atom stereocenters. The van der Waals surface area contributed by atoms with Gasteiger partial charge in [-0.05, 0) is 30.2 Å². The second-order valence-corrected chi connectivity index (χ2v) is 3.73. The van der Waals surface area contributed by atoms with E-state index in [2.05, 4.69) is 5.32 Å². The van der Waals surface area contributed by atoms with Gasteiger partial charge in [-0.2, -0.15) is 0 Å². The molecule has 0 radical (unpaired) electrons. The standard InChI is InChI=1S/C13H18N2O2/c1-10-3-4-11(9-12(10)14)5-6-13(16)15-7-8-17-2/h3-6,9H,7-8,14H2,1-2H3,(H,15,16)/b6-5+. The Balaban J connectivity index is 2.52. The summed E-state index contributed by atoms with van der Waals surface area (Å²) in [4.78, 5) is 11.4. The zero-order chi connectivity index (χ0) is 12.7. The molecule has 1 aromatic carbocycles. The van der Waals surface area contributed by atoms with E-state index in [0.29, 0.717) is 13.2 Å². The van der Waals surface area contributed by atoms with Crippen LogP contribution >= 0.6 is 0 Å². The second-order valence-electron chi connectivity index (χ2n) is 3.73. The fourth-order valence-electron chi connectivity index (χ4n) is 1.27. The van der Waals surface area contributed by atoms with Crippen LogP contribution in [0.5, 0.6) is 0 Å². The summed E-state index contributed by atoms with van der Waals surface area (Å²) in [6, 6.07) is 5.69. The molecule has 92 valence electrons. The fraction of sp³-hybridized carbons (Fsp3) is 0.308. The van der Waals surface area contributed by atoms with E-state index in [0.717, 1.165) is 16.8 Å². The molecule has 0 fully saturated rings. The number of rotatable bonds is 5. The zero-order valence-electron chi connectivity index (χ0n) is 10.2. The zero-order valence-corrected chi connectivity index (χ0v) is 10.2. The van der Waals surface area contributed by atoms with Crippen LogP contribution in [0.2, 0.25) is 0 Å². The topological polar surface area (TPSA) is 64.3 Å². The number of aryl methyl sites for hydroxylation is 1. The number of ether oxygens (including phenoxy) is 1. The Kier molecular flexibility index (Phi) is 5.23. The maximum Gasteiger partial charge on any atom is 0.244 e. The van der Waals surface area contributed by atoms with Crippen molar-refractivity contribution in [3.05, 3.63) is 35.4 Å². The van der Waals surface area contributed by atoms with Crippen molar-refractivity contribution in [3.63, 3.8) is 0 Å². The van der Waals surface area contributed by atoms with Gasteiger partial charge < -0.3 is 15.8 Å². The molecule has 0 spiro atoms. The average Bonchev–Trinajstić information content (AvgIpc) is 2.31. The number of nitrogens with two attached hydrogens (primary N) is 1. The number of hydrogen-bond donors (Lipinski definition) is 2. The largest absolute Gasteiger partial charge is 0.398 e. The fourth-order valence-corrected chi connectivity index (χ4v) is 1.27. The first kappa shape index (κ1) is 13.3. The Hall–Kier alpha value is -1.81. The molecule has 0 saturated carbocycles. The molecule has 1 rings (SSSR count). The van der Waals surface area contributed by atoms with Crippen molar-refractivity contribution in [3.8, 4) is 0 Å². The molecule has 0 atom stereocenters. The van der Waals surface area contributed by atoms with E-state index in [9.17, 15) is 4.79 Å². The van der Waals surface area contributed by atoms with Crippen molar-refractivity contribution < 1.29 is 9.53 Å². The van der Waals surface area contributed by atoms with Gasteiger partial charge in [0.25, 0.3) is 0 Å². The van der Waals surface area contributed by atoms with E-state index in [1.54, 1.807) is 13.2 Å². The molecule has 3 N–H and O–H groups in total. The number of carbonyl (C=O) groups excluding carboxylic acids is 1. The molecule has 1 aromatic rings. The molecule has 0 aliphatic rings.